The van der Waals surface area contributed by atoms with Crippen molar-refractivity contribution in [2.75, 3.05) is 0 Å². The maximum Gasteiger partial charge on any atom is 0.238 e. The Hall–Kier alpha value is -6.76. The predicted molar refractivity (Wildman–Crippen MR) is 227 cm³/mol. The van der Waals surface area contributed by atoms with E-state index < -0.39 is 0 Å². The largest absolute Gasteiger partial charge is 0.278 e. The van der Waals surface area contributed by atoms with Crippen molar-refractivity contribution in [1.82, 2.24) is 24.5 Å². The third kappa shape index (κ3) is 4.99. The Morgan fingerprint density at radius 1 is 0.473 bits per heavy atom. The second-order valence-corrected chi connectivity index (χ2v) is 15.7. The van der Waals surface area contributed by atoms with Gasteiger partial charge in [-0.05, 0) is 58.1 Å². The van der Waals surface area contributed by atoms with E-state index in [1.165, 1.54) is 38.1 Å². The first-order chi connectivity index (χ1) is 27.0. The third-order valence-corrected chi connectivity index (χ3v) is 12.2. The van der Waals surface area contributed by atoms with Gasteiger partial charge in [0.05, 0.1) is 21.3 Å². The lowest BCUT2D eigenvalue weighted by molar-refractivity contribution is 0.661. The smallest absolute Gasteiger partial charge is 0.238 e. The van der Waals surface area contributed by atoms with Crippen LogP contribution in [-0.2, 0) is 5.41 Å². The van der Waals surface area contributed by atoms with E-state index in [2.05, 4.69) is 122 Å². The average molecular weight is 724 g/mol. The van der Waals surface area contributed by atoms with Gasteiger partial charge in [-0.2, -0.15) is 9.97 Å². The molecule has 0 saturated heterocycles. The van der Waals surface area contributed by atoms with Crippen molar-refractivity contribution >= 4 is 43.4 Å². The van der Waals surface area contributed by atoms with Gasteiger partial charge in [-0.3, -0.25) is 4.57 Å². The molecule has 3 heterocycles. The summed E-state index contributed by atoms with van der Waals surface area (Å²) in [6.45, 7) is 4.71. The highest BCUT2D eigenvalue weighted by atomic mass is 32.1. The topological polar surface area (TPSA) is 56.5 Å². The molecule has 10 aromatic rings. The van der Waals surface area contributed by atoms with Gasteiger partial charge in [-0.1, -0.05) is 147 Å². The molecular weight excluding hydrogens is 691 g/mol. The number of rotatable bonds is 5. The molecule has 0 spiro atoms. The van der Waals surface area contributed by atoms with Crippen LogP contribution in [0.4, 0.5) is 0 Å². The Morgan fingerprint density at radius 3 is 1.78 bits per heavy atom. The number of benzene rings is 7. The normalized spacial score (nSPS) is 13.1. The van der Waals surface area contributed by atoms with Crippen molar-refractivity contribution in [3.05, 3.63) is 175 Å². The minimum absolute atomic E-state index is 0.155. The highest BCUT2D eigenvalue weighted by Crippen LogP contribution is 2.53. The molecule has 5 nitrogen and oxygen atoms in total. The van der Waals surface area contributed by atoms with E-state index >= 15 is 0 Å². The maximum absolute atomic E-state index is 5.10. The Balaban J connectivity index is 1.06. The van der Waals surface area contributed by atoms with E-state index in [1.54, 1.807) is 11.3 Å². The zero-order valence-electron chi connectivity index (χ0n) is 30.2. The van der Waals surface area contributed by atoms with Crippen LogP contribution in [0.15, 0.2) is 164 Å². The maximum atomic E-state index is 5.10. The van der Waals surface area contributed by atoms with Crippen LogP contribution in [0, 0.1) is 0 Å². The van der Waals surface area contributed by atoms with Gasteiger partial charge in [0.2, 0.25) is 5.95 Å². The number of hydrogen-bond acceptors (Lipinski definition) is 5. The molecule has 0 radical (unpaired) electrons. The van der Waals surface area contributed by atoms with Gasteiger partial charge in [0.1, 0.15) is 5.01 Å². The molecule has 260 valence electrons. The van der Waals surface area contributed by atoms with Gasteiger partial charge < -0.3 is 0 Å². The van der Waals surface area contributed by atoms with Crippen LogP contribution in [-0.4, -0.2) is 24.5 Å². The fraction of sp³-hybridized carbons (Fsp3) is 0.0612. The van der Waals surface area contributed by atoms with Crippen LogP contribution in [0.2, 0.25) is 0 Å². The van der Waals surface area contributed by atoms with Crippen LogP contribution in [0.25, 0.3) is 93.6 Å². The minimum Gasteiger partial charge on any atom is -0.278 e. The summed E-state index contributed by atoms with van der Waals surface area (Å²) in [6.07, 6.45) is 0. The second kappa shape index (κ2) is 12.1. The SMILES string of the molecule is CC1(C)c2cc(-c3ccc4c(c3)c3ccccc3n4-c3nc(-c4ccccc4)nc(-c4ccccc4)n3)ccc2-c2c1ccc1nc(-c3ccccc3)sc21. The van der Waals surface area contributed by atoms with E-state index in [4.69, 9.17) is 19.9 Å². The fourth-order valence-electron chi connectivity index (χ4n) is 8.35. The number of thiazole rings is 1. The zero-order valence-corrected chi connectivity index (χ0v) is 31.0. The van der Waals surface area contributed by atoms with Crippen LogP contribution in [0.3, 0.4) is 0 Å². The predicted octanol–water partition coefficient (Wildman–Crippen LogP) is 12.6. The summed E-state index contributed by atoms with van der Waals surface area (Å²) >= 11 is 1.80. The van der Waals surface area contributed by atoms with Crippen molar-refractivity contribution in [3.63, 3.8) is 0 Å². The van der Waals surface area contributed by atoms with E-state index in [-0.39, 0.29) is 5.41 Å². The minimum atomic E-state index is -0.155. The second-order valence-electron chi connectivity index (χ2n) is 14.7. The molecule has 55 heavy (non-hydrogen) atoms. The summed E-state index contributed by atoms with van der Waals surface area (Å²) in [7, 11) is 0. The fourth-order valence-corrected chi connectivity index (χ4v) is 9.49. The van der Waals surface area contributed by atoms with Crippen LogP contribution in [0.5, 0.6) is 0 Å². The van der Waals surface area contributed by atoms with Crippen molar-refractivity contribution in [1.29, 1.82) is 0 Å². The lowest BCUT2D eigenvalue weighted by Gasteiger charge is -2.22. The van der Waals surface area contributed by atoms with Gasteiger partial charge in [-0.25, -0.2) is 9.97 Å². The molecule has 0 fully saturated rings. The van der Waals surface area contributed by atoms with E-state index in [1.807, 2.05) is 60.7 Å². The van der Waals surface area contributed by atoms with Gasteiger partial charge in [-0.15, -0.1) is 11.3 Å². The summed E-state index contributed by atoms with van der Waals surface area (Å²) in [5.74, 6) is 1.87. The average Bonchev–Trinajstić information content (AvgIpc) is 3.90. The monoisotopic (exact) mass is 723 g/mol. The molecule has 11 rings (SSSR count). The van der Waals surface area contributed by atoms with Crippen LogP contribution < -0.4 is 0 Å². The summed E-state index contributed by atoms with van der Waals surface area (Å²) in [6, 6.07) is 57.6. The summed E-state index contributed by atoms with van der Waals surface area (Å²) in [4.78, 5) is 20.2. The number of nitrogens with zero attached hydrogens (tertiary/aromatic N) is 5. The molecular formula is C49H33N5S. The van der Waals surface area contributed by atoms with E-state index in [0.29, 0.717) is 17.6 Å². The van der Waals surface area contributed by atoms with Crippen molar-refractivity contribution < 1.29 is 0 Å². The summed E-state index contributed by atoms with van der Waals surface area (Å²) < 4.78 is 3.44. The molecule has 1 aliphatic rings. The van der Waals surface area contributed by atoms with E-state index in [9.17, 15) is 0 Å². The van der Waals surface area contributed by atoms with Gasteiger partial charge in [0.25, 0.3) is 0 Å². The van der Waals surface area contributed by atoms with Gasteiger partial charge in [0.15, 0.2) is 11.6 Å². The molecule has 0 aliphatic heterocycles. The van der Waals surface area contributed by atoms with Gasteiger partial charge in [0, 0.05) is 38.4 Å². The van der Waals surface area contributed by atoms with Crippen LogP contribution >= 0.6 is 11.3 Å². The summed E-state index contributed by atoms with van der Waals surface area (Å²) in [5.41, 5.74) is 13.7. The molecule has 0 N–H and O–H groups in total. The van der Waals surface area contributed by atoms with Crippen LogP contribution in [0.1, 0.15) is 25.0 Å². The molecule has 7 aromatic carbocycles. The Bertz CT molecular complexity index is 3050. The molecule has 0 atom stereocenters. The number of fused-ring (bicyclic) bond motifs is 8. The highest BCUT2D eigenvalue weighted by Gasteiger charge is 2.37. The van der Waals surface area contributed by atoms with Crippen molar-refractivity contribution in [3.8, 4) is 61.5 Å². The Morgan fingerprint density at radius 2 is 1.07 bits per heavy atom. The molecule has 0 unspecified atom stereocenters. The first kappa shape index (κ1) is 31.7. The molecule has 1 aliphatic carbocycles. The number of aromatic nitrogens is 5. The Labute approximate surface area is 322 Å². The van der Waals surface area contributed by atoms with Crippen molar-refractivity contribution in [2.24, 2.45) is 0 Å². The zero-order chi connectivity index (χ0) is 36.7. The first-order valence-corrected chi connectivity index (χ1v) is 19.4. The van der Waals surface area contributed by atoms with E-state index in [0.717, 1.165) is 49.0 Å². The Kier molecular flexibility index (Phi) is 7.00. The third-order valence-electron chi connectivity index (χ3n) is 11.1. The molecule has 0 saturated carbocycles. The summed E-state index contributed by atoms with van der Waals surface area (Å²) in [5, 5.41) is 3.36. The first-order valence-electron chi connectivity index (χ1n) is 18.6. The van der Waals surface area contributed by atoms with Gasteiger partial charge >= 0.3 is 0 Å². The van der Waals surface area contributed by atoms with Crippen molar-refractivity contribution in [2.45, 2.75) is 19.3 Å². The quantitative estimate of drug-likeness (QED) is 0.177. The standard InChI is InChI=1S/C49H33N5S/c1-49(2)38-25-26-40-44(55-47(50-40)32-18-10-5-11-19-32)43(38)36-24-22-34(29-39(36)49)33-23-27-42-37(28-33)35-20-12-13-21-41(35)54(42)48-52-45(30-14-6-3-7-15-30)51-46(53-48)31-16-8-4-9-17-31/h3-29H,1-2H3. The molecule has 0 bridgehead atoms. The lowest BCUT2D eigenvalue weighted by Crippen LogP contribution is -2.14. The molecule has 6 heteroatoms. The molecule has 0 amide bonds. The number of para-hydroxylation sites is 1. The number of hydrogen-bond donors (Lipinski definition) is 0. The molecule has 3 aromatic heterocycles. The lowest BCUT2D eigenvalue weighted by atomic mass is 9.81. The highest BCUT2D eigenvalue weighted by molar-refractivity contribution is 7.22.